The molecule has 0 radical (unpaired) electrons. The van der Waals surface area contributed by atoms with Gasteiger partial charge in [-0.2, -0.15) is 0 Å². The lowest BCUT2D eigenvalue weighted by atomic mass is 10.1. The van der Waals surface area contributed by atoms with E-state index in [4.69, 9.17) is 0 Å². The Morgan fingerprint density at radius 2 is 2.06 bits per heavy atom. The Balaban J connectivity index is 2.37. The maximum atomic E-state index is 3.60. The summed E-state index contributed by atoms with van der Waals surface area (Å²) in [6.07, 6.45) is 5.42. The third-order valence-corrected chi connectivity index (χ3v) is 3.79. The van der Waals surface area contributed by atoms with Crippen LogP contribution in [0.4, 0.5) is 0 Å². The van der Waals surface area contributed by atoms with Gasteiger partial charge in [-0.25, -0.2) is 0 Å². The van der Waals surface area contributed by atoms with Gasteiger partial charge in [0.2, 0.25) is 0 Å². The van der Waals surface area contributed by atoms with Crippen LogP contribution in [0.3, 0.4) is 0 Å². The van der Waals surface area contributed by atoms with Crippen molar-refractivity contribution in [1.82, 2.24) is 10.2 Å². The molecule has 1 rings (SSSR count). The van der Waals surface area contributed by atoms with Gasteiger partial charge < -0.3 is 5.32 Å². The zero-order valence-electron chi connectivity index (χ0n) is 11.6. The first-order valence-corrected chi connectivity index (χ1v) is 7.14. The second-order valence-corrected chi connectivity index (χ2v) is 5.56. The van der Waals surface area contributed by atoms with E-state index in [0.717, 1.165) is 12.0 Å². The van der Waals surface area contributed by atoms with Crippen molar-refractivity contribution in [2.24, 2.45) is 5.92 Å². The molecule has 0 aromatic heterocycles. The average molecular weight is 226 g/mol. The Kier molecular flexibility index (Phi) is 6.37. The first kappa shape index (κ1) is 14.0. The lowest BCUT2D eigenvalue weighted by Gasteiger charge is -2.28. The van der Waals surface area contributed by atoms with Crippen molar-refractivity contribution >= 4 is 0 Å². The quantitative estimate of drug-likeness (QED) is 0.718. The molecule has 0 saturated carbocycles. The standard InChI is InChI=1S/C14H30N2/c1-5-7-14(10-15-12(3)4)16-9-8-13(6-2)11-16/h12-15H,5-11H2,1-4H3. The van der Waals surface area contributed by atoms with Crippen molar-refractivity contribution in [3.63, 3.8) is 0 Å². The minimum atomic E-state index is 0.615. The van der Waals surface area contributed by atoms with E-state index in [2.05, 4.69) is 37.9 Å². The number of likely N-dealkylation sites (tertiary alicyclic amines) is 1. The Labute approximate surface area is 102 Å². The van der Waals surface area contributed by atoms with Crippen LogP contribution in [0.25, 0.3) is 0 Å². The molecular weight excluding hydrogens is 196 g/mol. The van der Waals surface area contributed by atoms with Crippen molar-refractivity contribution < 1.29 is 0 Å². The lowest BCUT2D eigenvalue weighted by Crippen LogP contribution is -2.43. The van der Waals surface area contributed by atoms with E-state index < -0.39 is 0 Å². The van der Waals surface area contributed by atoms with Crippen LogP contribution >= 0.6 is 0 Å². The summed E-state index contributed by atoms with van der Waals surface area (Å²) in [4.78, 5) is 2.72. The largest absolute Gasteiger partial charge is 0.313 e. The van der Waals surface area contributed by atoms with Gasteiger partial charge in [0.05, 0.1) is 0 Å². The molecule has 1 saturated heterocycles. The van der Waals surface area contributed by atoms with Crippen molar-refractivity contribution in [3.05, 3.63) is 0 Å². The summed E-state index contributed by atoms with van der Waals surface area (Å²) < 4.78 is 0. The summed E-state index contributed by atoms with van der Waals surface area (Å²) in [6.45, 7) is 12.9. The van der Waals surface area contributed by atoms with Crippen LogP contribution in [0.5, 0.6) is 0 Å². The molecule has 0 aromatic rings. The van der Waals surface area contributed by atoms with Gasteiger partial charge in [0, 0.05) is 25.2 Å². The van der Waals surface area contributed by atoms with Crippen LogP contribution in [-0.2, 0) is 0 Å². The van der Waals surface area contributed by atoms with Gasteiger partial charge in [0.25, 0.3) is 0 Å². The molecule has 0 aromatic carbocycles. The van der Waals surface area contributed by atoms with E-state index in [9.17, 15) is 0 Å². The third-order valence-electron chi connectivity index (χ3n) is 3.79. The van der Waals surface area contributed by atoms with Gasteiger partial charge in [0.15, 0.2) is 0 Å². The normalized spacial score (nSPS) is 24.2. The molecule has 0 amide bonds. The Bertz CT molecular complexity index is 180. The Morgan fingerprint density at radius 3 is 2.56 bits per heavy atom. The van der Waals surface area contributed by atoms with E-state index in [1.165, 1.54) is 45.3 Å². The third kappa shape index (κ3) is 4.42. The van der Waals surface area contributed by atoms with Gasteiger partial charge in [-0.1, -0.05) is 40.5 Å². The highest BCUT2D eigenvalue weighted by Gasteiger charge is 2.26. The molecule has 96 valence electrons. The molecule has 16 heavy (non-hydrogen) atoms. The first-order chi connectivity index (χ1) is 7.67. The van der Waals surface area contributed by atoms with Crippen molar-refractivity contribution in [2.75, 3.05) is 19.6 Å². The number of hydrogen-bond donors (Lipinski definition) is 1. The van der Waals surface area contributed by atoms with E-state index >= 15 is 0 Å². The highest BCUT2D eigenvalue weighted by molar-refractivity contribution is 4.82. The summed E-state index contributed by atoms with van der Waals surface area (Å²) in [5, 5.41) is 3.60. The predicted molar refractivity (Wildman–Crippen MR) is 71.8 cm³/mol. The molecule has 1 aliphatic rings. The fourth-order valence-electron chi connectivity index (χ4n) is 2.65. The zero-order chi connectivity index (χ0) is 12.0. The van der Waals surface area contributed by atoms with Crippen LogP contribution in [-0.4, -0.2) is 36.6 Å². The fourth-order valence-corrected chi connectivity index (χ4v) is 2.65. The van der Waals surface area contributed by atoms with E-state index in [1.54, 1.807) is 0 Å². The minimum absolute atomic E-state index is 0.615. The number of hydrogen-bond acceptors (Lipinski definition) is 2. The predicted octanol–water partition coefficient (Wildman–Crippen LogP) is 2.89. The van der Waals surface area contributed by atoms with E-state index in [-0.39, 0.29) is 0 Å². The van der Waals surface area contributed by atoms with E-state index in [1.807, 2.05) is 0 Å². The maximum Gasteiger partial charge on any atom is 0.0220 e. The van der Waals surface area contributed by atoms with Crippen LogP contribution < -0.4 is 5.32 Å². The minimum Gasteiger partial charge on any atom is -0.313 e. The summed E-state index contributed by atoms with van der Waals surface area (Å²) in [5.41, 5.74) is 0. The van der Waals surface area contributed by atoms with Crippen molar-refractivity contribution in [2.45, 2.75) is 65.5 Å². The molecule has 0 bridgehead atoms. The van der Waals surface area contributed by atoms with Crippen LogP contribution in [0, 0.1) is 5.92 Å². The molecule has 2 unspecified atom stereocenters. The van der Waals surface area contributed by atoms with Gasteiger partial charge in [-0.15, -0.1) is 0 Å². The SMILES string of the molecule is CCCC(CNC(C)C)N1CCC(CC)C1. The van der Waals surface area contributed by atoms with Gasteiger partial charge in [-0.3, -0.25) is 4.90 Å². The summed E-state index contributed by atoms with van der Waals surface area (Å²) >= 11 is 0. The monoisotopic (exact) mass is 226 g/mol. The molecule has 2 atom stereocenters. The molecule has 0 aliphatic carbocycles. The number of rotatable bonds is 7. The van der Waals surface area contributed by atoms with E-state index in [0.29, 0.717) is 6.04 Å². The maximum absolute atomic E-state index is 3.60. The number of nitrogens with zero attached hydrogens (tertiary/aromatic N) is 1. The zero-order valence-corrected chi connectivity index (χ0v) is 11.6. The topological polar surface area (TPSA) is 15.3 Å². The molecule has 0 spiro atoms. The van der Waals surface area contributed by atoms with Crippen LogP contribution in [0.1, 0.15) is 53.4 Å². The highest BCUT2D eigenvalue weighted by Crippen LogP contribution is 2.22. The summed E-state index contributed by atoms with van der Waals surface area (Å²) in [6, 6.07) is 1.38. The summed E-state index contributed by atoms with van der Waals surface area (Å²) in [7, 11) is 0. The highest BCUT2D eigenvalue weighted by atomic mass is 15.2. The molecule has 1 heterocycles. The molecule has 2 heteroatoms. The average Bonchev–Trinajstić information content (AvgIpc) is 2.72. The van der Waals surface area contributed by atoms with Crippen LogP contribution in [0.2, 0.25) is 0 Å². The second-order valence-electron chi connectivity index (χ2n) is 5.56. The Morgan fingerprint density at radius 1 is 1.31 bits per heavy atom. The van der Waals surface area contributed by atoms with Gasteiger partial charge in [0.1, 0.15) is 0 Å². The molecular formula is C14H30N2. The fraction of sp³-hybridized carbons (Fsp3) is 1.00. The van der Waals surface area contributed by atoms with Crippen molar-refractivity contribution in [3.8, 4) is 0 Å². The molecule has 1 aliphatic heterocycles. The van der Waals surface area contributed by atoms with Crippen LogP contribution in [0.15, 0.2) is 0 Å². The summed E-state index contributed by atoms with van der Waals surface area (Å²) in [5.74, 6) is 0.957. The molecule has 2 nitrogen and oxygen atoms in total. The van der Waals surface area contributed by atoms with Gasteiger partial charge in [-0.05, 0) is 25.3 Å². The second kappa shape index (κ2) is 7.29. The Hall–Kier alpha value is -0.0800. The molecule has 1 N–H and O–H groups in total. The lowest BCUT2D eigenvalue weighted by molar-refractivity contribution is 0.211. The molecule has 1 fully saturated rings. The smallest absolute Gasteiger partial charge is 0.0220 e. The van der Waals surface area contributed by atoms with Crippen molar-refractivity contribution in [1.29, 1.82) is 0 Å². The first-order valence-electron chi connectivity index (χ1n) is 7.14. The van der Waals surface area contributed by atoms with Gasteiger partial charge >= 0.3 is 0 Å². The number of nitrogens with one attached hydrogen (secondary N) is 1.